The molecule has 14 heteroatoms. The molecule has 240 valence electrons. The first-order chi connectivity index (χ1) is 21.3. The van der Waals surface area contributed by atoms with Crippen molar-refractivity contribution < 1.29 is 46.3 Å². The number of halogens is 4. The Balaban J connectivity index is 3.14. The van der Waals surface area contributed by atoms with Crippen LogP contribution in [-0.4, -0.2) is 54.8 Å². The Hall–Kier alpha value is -5.29. The highest BCUT2D eigenvalue weighted by molar-refractivity contribution is 5.94. The first-order valence-corrected chi connectivity index (χ1v) is 13.4. The van der Waals surface area contributed by atoms with Crippen LogP contribution in [0.15, 0.2) is 18.2 Å². The van der Waals surface area contributed by atoms with E-state index in [0.29, 0.717) is 0 Å². The third-order valence-electron chi connectivity index (χ3n) is 6.27. The first-order valence-electron chi connectivity index (χ1n) is 13.4. The molecular formula is C31H32F4N4O6. The fraction of sp³-hybridized carbons (Fsp3) is 0.387. The van der Waals surface area contributed by atoms with Gasteiger partial charge >= 0.3 is 5.97 Å². The number of ether oxygens (including phenoxy) is 1. The number of amides is 4. The third-order valence-corrected chi connectivity index (χ3v) is 6.27. The Labute approximate surface area is 258 Å². The second-order valence-electron chi connectivity index (χ2n) is 9.55. The van der Waals surface area contributed by atoms with Crippen molar-refractivity contribution >= 4 is 29.6 Å². The Morgan fingerprint density at radius 3 is 1.49 bits per heavy atom. The normalized spacial score (nSPS) is 10.3. The summed E-state index contributed by atoms with van der Waals surface area (Å²) in [6, 6.07) is -0.0589. The molecule has 0 saturated carbocycles. The predicted octanol–water partition coefficient (Wildman–Crippen LogP) is 1.93. The molecule has 0 saturated heterocycles. The molecule has 0 heterocycles. The van der Waals surface area contributed by atoms with Crippen LogP contribution in [0.5, 0.6) is 5.75 Å². The SMILES string of the molecule is C#CCNC(=O)CCC(CCC(=O)NCC#C)(CCC(=O)NCC#C)NC(=O)C(=C)CCC(=O)Oc1c(F)c(F)cc(F)c1F. The maximum atomic E-state index is 13.9. The summed E-state index contributed by atoms with van der Waals surface area (Å²) in [4.78, 5) is 62.5. The highest BCUT2D eigenvalue weighted by atomic mass is 19.2. The maximum Gasteiger partial charge on any atom is 0.311 e. The van der Waals surface area contributed by atoms with Gasteiger partial charge in [0, 0.05) is 36.4 Å². The van der Waals surface area contributed by atoms with Crippen LogP contribution in [0.1, 0.15) is 51.4 Å². The molecule has 0 bridgehead atoms. The van der Waals surface area contributed by atoms with Gasteiger partial charge in [0.25, 0.3) is 0 Å². The highest BCUT2D eigenvalue weighted by Crippen LogP contribution is 2.28. The molecule has 0 atom stereocenters. The average Bonchev–Trinajstić information content (AvgIpc) is 3.01. The van der Waals surface area contributed by atoms with Crippen LogP contribution in [0, 0.1) is 60.3 Å². The van der Waals surface area contributed by atoms with Gasteiger partial charge in [-0.25, -0.2) is 8.78 Å². The molecule has 0 fully saturated rings. The molecule has 0 radical (unpaired) electrons. The Morgan fingerprint density at radius 1 is 0.711 bits per heavy atom. The highest BCUT2D eigenvalue weighted by Gasteiger charge is 2.34. The van der Waals surface area contributed by atoms with Crippen molar-refractivity contribution in [1.82, 2.24) is 21.3 Å². The van der Waals surface area contributed by atoms with E-state index in [9.17, 15) is 41.5 Å². The number of terminal acetylenes is 3. The molecule has 4 N–H and O–H groups in total. The number of hydrogen-bond donors (Lipinski definition) is 4. The van der Waals surface area contributed by atoms with E-state index >= 15 is 0 Å². The van der Waals surface area contributed by atoms with Gasteiger partial charge < -0.3 is 26.0 Å². The van der Waals surface area contributed by atoms with E-state index in [1.54, 1.807) is 0 Å². The van der Waals surface area contributed by atoms with Crippen LogP contribution in [0.3, 0.4) is 0 Å². The number of nitrogens with one attached hydrogen (secondary N) is 4. The zero-order valence-corrected chi connectivity index (χ0v) is 24.3. The predicted molar refractivity (Wildman–Crippen MR) is 154 cm³/mol. The molecule has 0 aliphatic rings. The lowest BCUT2D eigenvalue weighted by Crippen LogP contribution is -2.51. The fourth-order valence-electron chi connectivity index (χ4n) is 3.84. The number of carbonyl (C=O) groups is 5. The van der Waals surface area contributed by atoms with Gasteiger partial charge in [-0.3, -0.25) is 24.0 Å². The lowest BCUT2D eigenvalue weighted by molar-refractivity contribution is -0.135. The fourth-order valence-corrected chi connectivity index (χ4v) is 3.84. The van der Waals surface area contributed by atoms with Gasteiger partial charge in [-0.05, 0) is 25.7 Å². The van der Waals surface area contributed by atoms with Crippen molar-refractivity contribution in [1.29, 1.82) is 0 Å². The molecule has 45 heavy (non-hydrogen) atoms. The summed E-state index contributed by atoms with van der Waals surface area (Å²) in [6.45, 7) is 3.40. The van der Waals surface area contributed by atoms with Gasteiger partial charge in [-0.1, -0.05) is 24.3 Å². The smallest absolute Gasteiger partial charge is 0.311 e. The molecule has 1 aromatic rings. The van der Waals surface area contributed by atoms with E-state index in [1.165, 1.54) is 0 Å². The van der Waals surface area contributed by atoms with Crippen molar-refractivity contribution in [2.75, 3.05) is 19.6 Å². The van der Waals surface area contributed by atoms with Crippen molar-refractivity contribution in [3.05, 3.63) is 41.5 Å². The summed E-state index contributed by atoms with van der Waals surface area (Å²) in [5, 5.41) is 10.1. The maximum absolute atomic E-state index is 13.9. The molecular weight excluding hydrogens is 600 g/mol. The van der Waals surface area contributed by atoms with Crippen LogP contribution < -0.4 is 26.0 Å². The van der Waals surface area contributed by atoms with Gasteiger partial charge in [-0.15, -0.1) is 19.3 Å². The third kappa shape index (κ3) is 13.3. The second-order valence-corrected chi connectivity index (χ2v) is 9.55. The molecule has 1 rings (SSSR count). The first kappa shape index (κ1) is 37.7. The molecule has 0 spiro atoms. The van der Waals surface area contributed by atoms with Gasteiger partial charge in [0.15, 0.2) is 11.6 Å². The summed E-state index contributed by atoms with van der Waals surface area (Å²) in [5.41, 5.74) is -1.60. The summed E-state index contributed by atoms with van der Waals surface area (Å²) in [7, 11) is 0. The van der Waals surface area contributed by atoms with Crippen molar-refractivity contribution in [2.24, 2.45) is 0 Å². The topological polar surface area (TPSA) is 143 Å². The minimum Gasteiger partial charge on any atom is -0.420 e. The largest absolute Gasteiger partial charge is 0.420 e. The molecule has 10 nitrogen and oxygen atoms in total. The summed E-state index contributed by atoms with van der Waals surface area (Å²) >= 11 is 0. The van der Waals surface area contributed by atoms with Gasteiger partial charge in [0.05, 0.1) is 26.1 Å². The van der Waals surface area contributed by atoms with Crippen molar-refractivity contribution in [3.8, 4) is 42.8 Å². The molecule has 1 aromatic carbocycles. The Morgan fingerprint density at radius 2 is 1.11 bits per heavy atom. The Bertz CT molecular complexity index is 1310. The quantitative estimate of drug-likeness (QED) is 0.0487. The molecule has 0 unspecified atom stereocenters. The lowest BCUT2D eigenvalue weighted by atomic mass is 9.82. The lowest BCUT2D eigenvalue weighted by Gasteiger charge is -2.35. The Kier molecular flexibility index (Phi) is 16.0. The van der Waals surface area contributed by atoms with Crippen molar-refractivity contribution in [3.63, 3.8) is 0 Å². The second kappa shape index (κ2) is 19.1. The number of benzene rings is 1. The van der Waals surface area contributed by atoms with Gasteiger partial charge in [0.1, 0.15) is 0 Å². The number of hydrogen-bond acceptors (Lipinski definition) is 6. The minimum absolute atomic E-state index is 0.0589. The number of carbonyl (C=O) groups excluding carboxylic acids is 5. The molecule has 0 aliphatic carbocycles. The number of esters is 1. The van der Waals surface area contributed by atoms with Crippen molar-refractivity contribution in [2.45, 2.75) is 56.9 Å². The zero-order valence-electron chi connectivity index (χ0n) is 24.3. The van der Waals surface area contributed by atoms with Gasteiger partial charge in [-0.2, -0.15) is 8.78 Å². The monoisotopic (exact) mass is 632 g/mol. The average molecular weight is 633 g/mol. The van der Waals surface area contributed by atoms with E-state index < -0.39 is 77.0 Å². The minimum atomic E-state index is -1.92. The zero-order chi connectivity index (χ0) is 34.0. The van der Waals surface area contributed by atoms with E-state index in [4.69, 9.17) is 19.3 Å². The van der Waals surface area contributed by atoms with E-state index in [-0.39, 0.29) is 69.8 Å². The molecule has 0 aromatic heterocycles. The standard InChI is InChI=1S/C31H32F4N4O6/c1-5-16-36-23(40)10-13-31(14-11-24(41)37-17-6-2,15-12-25(42)38-18-7-3)39-30(44)20(4)8-9-26(43)45-29-27(34)21(32)19-22(33)28(29)35/h1-3,19H,4,8-18H2,(H,36,40)(H,37,41)(H,38,42)(H,39,44). The number of rotatable bonds is 18. The summed E-state index contributed by atoms with van der Waals surface area (Å²) < 4.78 is 59.0. The summed E-state index contributed by atoms with van der Waals surface area (Å²) in [5.74, 6) is -5.89. The van der Waals surface area contributed by atoms with Crippen LogP contribution >= 0.6 is 0 Å². The van der Waals surface area contributed by atoms with Crippen LogP contribution in [0.25, 0.3) is 0 Å². The van der Waals surface area contributed by atoms with Crippen LogP contribution in [0.2, 0.25) is 0 Å². The van der Waals surface area contributed by atoms with E-state index in [1.807, 2.05) is 0 Å². The van der Waals surface area contributed by atoms with Crippen LogP contribution in [0.4, 0.5) is 17.6 Å². The molecule has 0 aliphatic heterocycles. The van der Waals surface area contributed by atoms with E-state index in [2.05, 4.69) is 50.3 Å². The van der Waals surface area contributed by atoms with Gasteiger partial charge in [0.2, 0.25) is 41.0 Å². The van der Waals surface area contributed by atoms with Crippen LogP contribution in [-0.2, 0) is 24.0 Å². The molecule has 4 amide bonds. The van der Waals surface area contributed by atoms with E-state index in [0.717, 1.165) is 0 Å². The summed E-state index contributed by atoms with van der Waals surface area (Å²) in [6.07, 6.45) is 13.6.